The molecule has 21 heavy (non-hydrogen) atoms. The number of benzene rings is 1. The number of carboxylic acids is 1. The first-order chi connectivity index (χ1) is 10.1. The minimum absolute atomic E-state index is 0.335. The van der Waals surface area contributed by atoms with Crippen molar-refractivity contribution < 1.29 is 9.90 Å². The first-order valence-corrected chi connectivity index (χ1v) is 7.46. The van der Waals surface area contributed by atoms with Crippen molar-refractivity contribution in [3.8, 4) is 0 Å². The number of rotatable bonds is 2. The summed E-state index contributed by atoms with van der Waals surface area (Å²) in [6.45, 7) is 5.39. The second-order valence-electron chi connectivity index (χ2n) is 6.02. The summed E-state index contributed by atoms with van der Waals surface area (Å²) in [6.07, 6.45) is 2.25. The molecule has 2 atom stereocenters. The summed E-state index contributed by atoms with van der Waals surface area (Å²) < 4.78 is 0. The van der Waals surface area contributed by atoms with Gasteiger partial charge in [-0.3, -0.25) is 0 Å². The van der Waals surface area contributed by atoms with Crippen LogP contribution in [0.2, 0.25) is 0 Å². The Morgan fingerprint density at radius 2 is 2.10 bits per heavy atom. The fourth-order valence-corrected chi connectivity index (χ4v) is 3.23. The van der Waals surface area contributed by atoms with Crippen LogP contribution in [-0.2, 0) is 0 Å². The lowest BCUT2D eigenvalue weighted by molar-refractivity contribution is 0.0699. The second kappa shape index (κ2) is 5.35. The Balaban J connectivity index is 2.09. The Morgan fingerprint density at radius 1 is 1.33 bits per heavy atom. The number of carbonyl (C=O) groups is 1. The largest absolute Gasteiger partial charge is 0.478 e. The average molecular weight is 284 g/mol. The molecular formula is C17H20N2O2. The molecule has 1 aliphatic heterocycles. The van der Waals surface area contributed by atoms with Gasteiger partial charge in [-0.1, -0.05) is 25.1 Å². The monoisotopic (exact) mass is 284 g/mol. The van der Waals surface area contributed by atoms with Crippen LogP contribution in [0.4, 0.5) is 5.82 Å². The molecule has 3 rings (SSSR count). The fourth-order valence-electron chi connectivity index (χ4n) is 3.23. The zero-order valence-electron chi connectivity index (χ0n) is 12.4. The van der Waals surface area contributed by atoms with Crippen LogP contribution < -0.4 is 4.90 Å². The number of piperidine rings is 1. The molecule has 0 amide bonds. The topological polar surface area (TPSA) is 53.4 Å². The SMILES string of the molecule is CC1CCN(c2cc(C(=O)O)c3ccccc3n2)C(C)C1. The Bertz CT molecular complexity index is 684. The van der Waals surface area contributed by atoms with E-state index in [-0.39, 0.29) is 0 Å². The van der Waals surface area contributed by atoms with Gasteiger partial charge in [0.05, 0.1) is 11.1 Å². The standard InChI is InChI=1S/C17H20N2O2/c1-11-7-8-19(12(2)9-11)16-10-14(17(20)21)13-5-3-4-6-15(13)18-16/h3-6,10-12H,7-9H2,1-2H3,(H,20,21). The van der Waals surface area contributed by atoms with Gasteiger partial charge in [0.2, 0.25) is 0 Å². The highest BCUT2D eigenvalue weighted by atomic mass is 16.4. The van der Waals surface area contributed by atoms with Crippen LogP contribution in [0.1, 0.15) is 37.0 Å². The van der Waals surface area contributed by atoms with Gasteiger partial charge in [-0.15, -0.1) is 0 Å². The predicted octanol–water partition coefficient (Wildman–Crippen LogP) is 3.56. The molecule has 110 valence electrons. The van der Waals surface area contributed by atoms with Crippen LogP contribution in [0.15, 0.2) is 30.3 Å². The van der Waals surface area contributed by atoms with Crippen molar-refractivity contribution in [2.24, 2.45) is 5.92 Å². The Hall–Kier alpha value is -2.10. The third kappa shape index (κ3) is 2.58. The van der Waals surface area contributed by atoms with E-state index >= 15 is 0 Å². The van der Waals surface area contributed by atoms with Gasteiger partial charge in [0.15, 0.2) is 0 Å². The van der Waals surface area contributed by atoms with Crippen molar-refractivity contribution in [2.45, 2.75) is 32.7 Å². The molecule has 1 fully saturated rings. The molecule has 2 aromatic rings. The van der Waals surface area contributed by atoms with Crippen molar-refractivity contribution >= 4 is 22.7 Å². The van der Waals surface area contributed by atoms with Crippen LogP contribution in [0.25, 0.3) is 10.9 Å². The highest BCUT2D eigenvalue weighted by Gasteiger charge is 2.25. The van der Waals surface area contributed by atoms with Crippen molar-refractivity contribution in [1.82, 2.24) is 4.98 Å². The number of pyridine rings is 1. The molecule has 2 unspecified atom stereocenters. The molecule has 1 aromatic carbocycles. The van der Waals surface area contributed by atoms with Gasteiger partial charge in [0.1, 0.15) is 5.82 Å². The van der Waals surface area contributed by atoms with Crippen LogP contribution >= 0.6 is 0 Å². The maximum absolute atomic E-state index is 11.5. The van der Waals surface area contributed by atoms with Gasteiger partial charge in [-0.05, 0) is 37.8 Å². The molecule has 4 nitrogen and oxygen atoms in total. The minimum Gasteiger partial charge on any atom is -0.478 e. The lowest BCUT2D eigenvalue weighted by atomic mass is 9.93. The summed E-state index contributed by atoms with van der Waals surface area (Å²) in [4.78, 5) is 18.5. The molecule has 0 aliphatic carbocycles. The molecule has 4 heteroatoms. The van der Waals surface area contributed by atoms with E-state index in [1.165, 1.54) is 0 Å². The van der Waals surface area contributed by atoms with Crippen molar-refractivity contribution in [2.75, 3.05) is 11.4 Å². The Morgan fingerprint density at radius 3 is 2.81 bits per heavy atom. The number of nitrogens with zero attached hydrogens (tertiary/aromatic N) is 2. The highest BCUT2D eigenvalue weighted by Crippen LogP contribution is 2.29. The smallest absolute Gasteiger partial charge is 0.336 e. The number of fused-ring (bicyclic) bond motifs is 1. The summed E-state index contributed by atoms with van der Waals surface area (Å²) >= 11 is 0. The maximum atomic E-state index is 11.5. The van der Waals surface area contributed by atoms with Crippen molar-refractivity contribution in [3.63, 3.8) is 0 Å². The molecule has 1 N–H and O–H groups in total. The predicted molar refractivity (Wildman–Crippen MR) is 83.9 cm³/mol. The van der Waals surface area contributed by atoms with E-state index < -0.39 is 5.97 Å². The quantitative estimate of drug-likeness (QED) is 0.916. The Labute approximate surface area is 124 Å². The number of aromatic nitrogens is 1. The van der Waals surface area contributed by atoms with Gasteiger partial charge in [-0.2, -0.15) is 0 Å². The first kappa shape index (κ1) is 13.9. The molecule has 1 saturated heterocycles. The molecule has 0 bridgehead atoms. The van der Waals surface area contributed by atoms with Gasteiger partial charge in [-0.25, -0.2) is 9.78 Å². The third-order valence-corrected chi connectivity index (χ3v) is 4.37. The van der Waals surface area contributed by atoms with E-state index in [1.807, 2.05) is 24.3 Å². The number of carboxylic acid groups (broad SMARTS) is 1. The third-order valence-electron chi connectivity index (χ3n) is 4.37. The van der Waals surface area contributed by atoms with E-state index in [2.05, 4.69) is 23.7 Å². The molecule has 2 heterocycles. The molecule has 0 radical (unpaired) electrons. The average Bonchev–Trinajstić information content (AvgIpc) is 2.46. The van der Waals surface area contributed by atoms with Gasteiger partial charge in [0.25, 0.3) is 0 Å². The molecule has 1 aromatic heterocycles. The lowest BCUT2D eigenvalue weighted by Crippen LogP contribution is -2.40. The fraction of sp³-hybridized carbons (Fsp3) is 0.412. The number of hydrogen-bond acceptors (Lipinski definition) is 3. The summed E-state index contributed by atoms with van der Waals surface area (Å²) in [7, 11) is 0. The van der Waals surface area contributed by atoms with Gasteiger partial charge < -0.3 is 10.0 Å². The lowest BCUT2D eigenvalue weighted by Gasteiger charge is -2.37. The zero-order chi connectivity index (χ0) is 15.0. The summed E-state index contributed by atoms with van der Waals surface area (Å²) in [5.74, 6) is 0.606. The minimum atomic E-state index is -0.895. The van der Waals surface area contributed by atoms with Crippen LogP contribution in [0.3, 0.4) is 0 Å². The van der Waals surface area contributed by atoms with E-state index in [9.17, 15) is 9.90 Å². The summed E-state index contributed by atoms with van der Waals surface area (Å²) in [5.41, 5.74) is 1.08. The zero-order valence-corrected chi connectivity index (χ0v) is 12.4. The second-order valence-corrected chi connectivity index (χ2v) is 6.02. The summed E-state index contributed by atoms with van der Waals surface area (Å²) in [6, 6.07) is 9.55. The molecular weight excluding hydrogens is 264 g/mol. The highest BCUT2D eigenvalue weighted by molar-refractivity contribution is 6.03. The van der Waals surface area contributed by atoms with Crippen molar-refractivity contribution in [1.29, 1.82) is 0 Å². The number of aromatic carboxylic acids is 1. The van der Waals surface area contributed by atoms with E-state index in [4.69, 9.17) is 0 Å². The number of para-hydroxylation sites is 1. The van der Waals surface area contributed by atoms with E-state index in [0.717, 1.165) is 36.6 Å². The first-order valence-electron chi connectivity index (χ1n) is 7.46. The normalized spacial score (nSPS) is 22.5. The van der Waals surface area contributed by atoms with Crippen molar-refractivity contribution in [3.05, 3.63) is 35.9 Å². The number of anilines is 1. The number of hydrogen-bond donors (Lipinski definition) is 1. The molecule has 0 saturated carbocycles. The molecule has 0 spiro atoms. The van der Waals surface area contributed by atoms with Crippen LogP contribution in [0.5, 0.6) is 0 Å². The Kier molecular flexibility index (Phi) is 3.53. The van der Waals surface area contributed by atoms with E-state index in [0.29, 0.717) is 17.0 Å². The maximum Gasteiger partial charge on any atom is 0.336 e. The van der Waals surface area contributed by atoms with E-state index in [1.54, 1.807) is 6.07 Å². The van der Waals surface area contributed by atoms with Gasteiger partial charge in [0, 0.05) is 18.0 Å². The van der Waals surface area contributed by atoms with Crippen LogP contribution in [0, 0.1) is 5.92 Å². The van der Waals surface area contributed by atoms with Crippen LogP contribution in [-0.4, -0.2) is 28.6 Å². The summed E-state index contributed by atoms with van der Waals surface area (Å²) in [5, 5.41) is 10.2. The molecule has 1 aliphatic rings. The van der Waals surface area contributed by atoms with Gasteiger partial charge >= 0.3 is 5.97 Å².